The van der Waals surface area contributed by atoms with Gasteiger partial charge < -0.3 is 26.0 Å². The summed E-state index contributed by atoms with van der Waals surface area (Å²) >= 11 is 0. The van der Waals surface area contributed by atoms with Crippen molar-refractivity contribution in [3.63, 3.8) is 0 Å². The van der Waals surface area contributed by atoms with Gasteiger partial charge in [-0.2, -0.15) is 5.26 Å². The van der Waals surface area contributed by atoms with Crippen LogP contribution in [0.5, 0.6) is 0 Å². The molecule has 1 unspecified atom stereocenters. The van der Waals surface area contributed by atoms with Crippen LogP contribution in [0.4, 0.5) is 11.4 Å². The summed E-state index contributed by atoms with van der Waals surface area (Å²) in [6.45, 7) is 4.10. The second-order valence-electron chi connectivity index (χ2n) is 9.28. The van der Waals surface area contributed by atoms with Crippen LogP contribution in [-0.4, -0.2) is 54.0 Å². The number of benzene rings is 3. The van der Waals surface area contributed by atoms with Crippen LogP contribution in [0.25, 0.3) is 0 Å². The molecule has 1 aliphatic heterocycles. The Morgan fingerprint density at radius 3 is 2.18 bits per heavy atom. The fourth-order valence-electron chi connectivity index (χ4n) is 4.47. The summed E-state index contributed by atoms with van der Waals surface area (Å²) in [4.78, 5) is 41.0. The number of amides is 2. The topological polar surface area (TPSA) is 140 Å². The van der Waals surface area contributed by atoms with E-state index >= 15 is 0 Å². The van der Waals surface area contributed by atoms with E-state index in [0.29, 0.717) is 54.1 Å². The molecule has 3 aromatic carbocycles. The summed E-state index contributed by atoms with van der Waals surface area (Å²) in [5.41, 5.74) is 10.7. The molecule has 0 bridgehead atoms. The second kappa shape index (κ2) is 11.5. The van der Waals surface area contributed by atoms with Gasteiger partial charge in [-0.25, -0.2) is 0 Å². The average molecular weight is 512 g/mol. The number of anilines is 2. The number of nitrogens with one attached hydrogen (secondary N) is 1. The number of nitrogens with two attached hydrogens (primary N) is 1. The van der Waals surface area contributed by atoms with Gasteiger partial charge in [0.05, 0.1) is 35.5 Å². The van der Waals surface area contributed by atoms with Crippen molar-refractivity contribution in [3.05, 3.63) is 94.5 Å². The van der Waals surface area contributed by atoms with Crippen molar-refractivity contribution in [2.75, 3.05) is 36.8 Å². The first-order valence-corrected chi connectivity index (χ1v) is 12.3. The van der Waals surface area contributed by atoms with Gasteiger partial charge in [-0.1, -0.05) is 29.8 Å². The molecule has 38 heavy (non-hydrogen) atoms. The first-order valence-electron chi connectivity index (χ1n) is 12.3. The number of nitriles is 1. The minimum absolute atomic E-state index is 0.0846. The largest absolute Gasteiger partial charge is 0.481 e. The molecule has 0 radical (unpaired) electrons. The number of carbonyl (C=O) groups excluding carboxylic acids is 2. The lowest BCUT2D eigenvalue weighted by molar-refractivity contribution is -0.137. The molecule has 1 heterocycles. The Hall–Kier alpha value is -4.84. The summed E-state index contributed by atoms with van der Waals surface area (Å²) in [6, 6.07) is 20.4. The number of hydrogen-bond donors (Lipinski definition) is 3. The predicted octanol–water partition coefficient (Wildman–Crippen LogP) is 3.36. The zero-order valence-corrected chi connectivity index (χ0v) is 21.1. The van der Waals surface area contributed by atoms with Crippen LogP contribution in [0.1, 0.15) is 49.9 Å². The number of aryl methyl sites for hydroxylation is 1. The number of nitrogen functional groups attached to an aromatic ring is 1. The molecule has 9 nitrogen and oxygen atoms in total. The van der Waals surface area contributed by atoms with Crippen LogP contribution in [0, 0.1) is 18.3 Å². The van der Waals surface area contributed by atoms with E-state index < -0.39 is 17.9 Å². The number of nitrogens with zero attached hydrogens (tertiary/aromatic N) is 3. The van der Waals surface area contributed by atoms with Crippen molar-refractivity contribution < 1.29 is 19.5 Å². The maximum atomic E-state index is 13.0. The van der Waals surface area contributed by atoms with Gasteiger partial charge in [-0.15, -0.1) is 0 Å². The number of carboxylic acid groups (broad SMARTS) is 1. The highest BCUT2D eigenvalue weighted by Crippen LogP contribution is 2.27. The van der Waals surface area contributed by atoms with Crippen molar-refractivity contribution in [3.8, 4) is 6.07 Å². The average Bonchev–Trinajstić information content (AvgIpc) is 2.92. The van der Waals surface area contributed by atoms with Crippen molar-refractivity contribution in [1.82, 2.24) is 10.2 Å². The van der Waals surface area contributed by atoms with Gasteiger partial charge in [0.2, 0.25) is 0 Å². The first-order chi connectivity index (χ1) is 18.2. The highest BCUT2D eigenvalue weighted by atomic mass is 16.4. The number of carboxylic acids is 1. The minimum atomic E-state index is -1.01. The third kappa shape index (κ3) is 6.10. The molecular formula is C29H29N5O4. The summed E-state index contributed by atoms with van der Waals surface area (Å²) in [7, 11) is 0. The van der Waals surface area contributed by atoms with Crippen LogP contribution < -0.4 is 16.0 Å². The van der Waals surface area contributed by atoms with Gasteiger partial charge in [0.25, 0.3) is 11.8 Å². The number of hydrogen-bond acceptors (Lipinski definition) is 6. The predicted molar refractivity (Wildman–Crippen MR) is 144 cm³/mol. The Morgan fingerprint density at radius 2 is 1.61 bits per heavy atom. The number of piperazine rings is 1. The lowest BCUT2D eigenvalue weighted by Gasteiger charge is -2.36. The zero-order chi connectivity index (χ0) is 27.2. The molecule has 1 atom stereocenters. The van der Waals surface area contributed by atoms with Crippen LogP contribution in [-0.2, 0) is 4.79 Å². The Morgan fingerprint density at radius 1 is 0.974 bits per heavy atom. The van der Waals surface area contributed by atoms with Crippen LogP contribution in [0.2, 0.25) is 0 Å². The lowest BCUT2D eigenvalue weighted by atomic mass is 10.0. The molecule has 0 saturated carbocycles. The van der Waals surface area contributed by atoms with E-state index in [4.69, 9.17) is 11.0 Å². The standard InChI is InChI=1S/C29H29N5O4/c1-19-2-6-21(7-3-19)25(17-27(35)36)32-28(37)23-10-11-26(24(31)16-23)33-12-14-34(15-13-33)29(38)22-8-4-20(18-30)5-9-22/h2-11,16,25H,12-15,17,31H2,1H3,(H,32,37)(H,35,36). The fourth-order valence-corrected chi connectivity index (χ4v) is 4.47. The van der Waals surface area contributed by atoms with Crippen LogP contribution in [0.3, 0.4) is 0 Å². The smallest absolute Gasteiger partial charge is 0.305 e. The normalized spacial score (nSPS) is 13.9. The zero-order valence-electron chi connectivity index (χ0n) is 21.1. The fraction of sp³-hybridized carbons (Fsp3) is 0.241. The van der Waals surface area contributed by atoms with Gasteiger partial charge in [0.1, 0.15) is 0 Å². The van der Waals surface area contributed by atoms with Crippen molar-refractivity contribution in [1.29, 1.82) is 5.26 Å². The maximum absolute atomic E-state index is 13.0. The molecule has 0 spiro atoms. The third-order valence-electron chi connectivity index (χ3n) is 6.62. The summed E-state index contributed by atoms with van der Waals surface area (Å²) in [5, 5.41) is 21.1. The highest BCUT2D eigenvalue weighted by molar-refractivity contribution is 5.97. The molecule has 9 heteroatoms. The van der Waals surface area contributed by atoms with Gasteiger partial charge in [-0.05, 0) is 55.0 Å². The van der Waals surface area contributed by atoms with Gasteiger partial charge >= 0.3 is 5.97 Å². The molecule has 0 aromatic heterocycles. The van der Waals surface area contributed by atoms with Crippen LogP contribution >= 0.6 is 0 Å². The molecular weight excluding hydrogens is 482 g/mol. The monoisotopic (exact) mass is 511 g/mol. The van der Waals surface area contributed by atoms with Gasteiger partial charge in [0.15, 0.2) is 0 Å². The van der Waals surface area contributed by atoms with E-state index in [1.165, 1.54) is 0 Å². The van der Waals surface area contributed by atoms with Crippen molar-refractivity contribution in [2.45, 2.75) is 19.4 Å². The van der Waals surface area contributed by atoms with Crippen LogP contribution in [0.15, 0.2) is 66.7 Å². The maximum Gasteiger partial charge on any atom is 0.305 e. The summed E-state index contributed by atoms with van der Waals surface area (Å²) < 4.78 is 0. The molecule has 4 N–H and O–H groups in total. The lowest BCUT2D eigenvalue weighted by Crippen LogP contribution is -2.49. The van der Waals surface area contributed by atoms with E-state index in [1.54, 1.807) is 47.4 Å². The molecule has 3 aromatic rings. The second-order valence-corrected chi connectivity index (χ2v) is 9.28. The van der Waals surface area contributed by atoms with Gasteiger partial charge in [0, 0.05) is 37.3 Å². The Balaban J connectivity index is 1.40. The molecule has 0 aliphatic carbocycles. The van der Waals surface area contributed by atoms with E-state index in [9.17, 15) is 19.5 Å². The quantitative estimate of drug-likeness (QED) is 0.413. The Bertz CT molecular complexity index is 1370. The van der Waals surface area contributed by atoms with E-state index in [2.05, 4.69) is 10.2 Å². The number of aliphatic carboxylic acids is 1. The molecule has 1 fully saturated rings. The van der Waals surface area contributed by atoms with Gasteiger partial charge in [-0.3, -0.25) is 14.4 Å². The molecule has 1 aliphatic rings. The van der Waals surface area contributed by atoms with E-state index in [1.807, 2.05) is 37.3 Å². The van der Waals surface area contributed by atoms with Crippen molar-refractivity contribution in [2.24, 2.45) is 0 Å². The first kappa shape index (κ1) is 26.2. The molecule has 4 rings (SSSR count). The SMILES string of the molecule is Cc1ccc(C(CC(=O)O)NC(=O)c2ccc(N3CCN(C(=O)c4ccc(C#N)cc4)CC3)c(N)c2)cc1. The summed E-state index contributed by atoms with van der Waals surface area (Å²) in [5.74, 6) is -1.51. The molecule has 2 amide bonds. The number of carbonyl (C=O) groups is 3. The number of rotatable bonds is 7. The molecule has 194 valence electrons. The highest BCUT2D eigenvalue weighted by Gasteiger charge is 2.24. The summed E-state index contributed by atoms with van der Waals surface area (Å²) in [6.07, 6.45) is -0.242. The Labute approximate surface area is 221 Å². The Kier molecular flexibility index (Phi) is 7.92. The van der Waals surface area contributed by atoms with E-state index in [0.717, 1.165) is 11.3 Å². The van der Waals surface area contributed by atoms with Crippen molar-refractivity contribution >= 4 is 29.2 Å². The minimum Gasteiger partial charge on any atom is -0.481 e. The van der Waals surface area contributed by atoms with E-state index in [-0.39, 0.29) is 12.3 Å². The third-order valence-corrected chi connectivity index (χ3v) is 6.62. The molecule has 1 saturated heterocycles.